The van der Waals surface area contributed by atoms with Gasteiger partial charge in [0.05, 0.1) is 0 Å². The van der Waals surface area contributed by atoms with Gasteiger partial charge in [-0.15, -0.1) is 0 Å². The molecule has 112 valence electrons. The number of hydrogen-bond donors (Lipinski definition) is 2. The second-order valence-corrected chi connectivity index (χ2v) is 5.19. The Labute approximate surface area is 126 Å². The highest BCUT2D eigenvalue weighted by atomic mass is 32.2. The molecule has 0 aliphatic rings. The van der Waals surface area contributed by atoms with Gasteiger partial charge in [-0.25, -0.2) is 17.5 Å². The van der Waals surface area contributed by atoms with E-state index in [2.05, 4.69) is 30.4 Å². The first-order valence-electron chi connectivity index (χ1n) is 6.32. The largest absolute Gasteiger partial charge is 0.216 e. The van der Waals surface area contributed by atoms with Gasteiger partial charge in [0.15, 0.2) is 0 Å². The summed E-state index contributed by atoms with van der Waals surface area (Å²) in [7, 11) is -2.61. The molecular weight excluding hydrogens is 289 g/mol. The zero-order valence-corrected chi connectivity index (χ0v) is 12.6. The first kappa shape index (κ1) is 17.1. The second-order valence-electron chi connectivity index (χ2n) is 4.36. The van der Waals surface area contributed by atoms with E-state index in [1.807, 2.05) is 18.2 Å². The molecule has 2 aromatic rings. The summed E-state index contributed by atoms with van der Waals surface area (Å²) in [5.74, 6) is -0.329. The Morgan fingerprint density at radius 3 is 2.10 bits per heavy atom. The first-order chi connectivity index (χ1) is 9.99. The van der Waals surface area contributed by atoms with Crippen molar-refractivity contribution < 1.29 is 12.8 Å². The van der Waals surface area contributed by atoms with Crippen molar-refractivity contribution in [3.05, 3.63) is 78.1 Å². The zero-order chi connectivity index (χ0) is 15.7. The Morgan fingerprint density at radius 2 is 1.67 bits per heavy atom. The van der Waals surface area contributed by atoms with Crippen LogP contribution in [0.15, 0.2) is 61.2 Å². The van der Waals surface area contributed by atoms with Gasteiger partial charge in [-0.05, 0) is 30.2 Å². The minimum atomic E-state index is -2.61. The third-order valence-electron chi connectivity index (χ3n) is 2.61. The lowest BCUT2D eigenvalue weighted by molar-refractivity contribution is 0.606. The van der Waals surface area contributed by atoms with Crippen LogP contribution in [0.3, 0.4) is 0 Å². The van der Waals surface area contributed by atoms with Crippen molar-refractivity contribution in [1.29, 1.82) is 0 Å². The van der Waals surface area contributed by atoms with E-state index < -0.39 is 10.9 Å². The third-order valence-corrected chi connectivity index (χ3v) is 3.03. The van der Waals surface area contributed by atoms with Crippen LogP contribution in [0.1, 0.15) is 11.1 Å². The molecule has 3 nitrogen and oxygen atoms in total. The second kappa shape index (κ2) is 9.05. The third kappa shape index (κ3) is 7.39. The molecule has 5 heteroatoms. The van der Waals surface area contributed by atoms with E-state index in [0.717, 1.165) is 5.56 Å². The van der Waals surface area contributed by atoms with Gasteiger partial charge >= 0.3 is 0 Å². The molecule has 0 heterocycles. The van der Waals surface area contributed by atoms with Gasteiger partial charge in [0, 0.05) is 6.54 Å². The van der Waals surface area contributed by atoms with E-state index in [9.17, 15) is 12.8 Å². The first-order valence-corrected chi connectivity index (χ1v) is 7.50. The number of thiol groups is 1. The highest BCUT2D eigenvalue weighted by Crippen LogP contribution is 2.11. The number of aryl methyl sites for hydroxylation is 1. The van der Waals surface area contributed by atoms with Crippen LogP contribution in [-0.2, 0) is 10.9 Å². The van der Waals surface area contributed by atoms with Crippen LogP contribution in [0, 0.1) is 12.7 Å². The van der Waals surface area contributed by atoms with E-state index in [-0.39, 0.29) is 12.4 Å². The Balaban J connectivity index is 0.000000262. The summed E-state index contributed by atoms with van der Waals surface area (Å²) in [6.07, 6.45) is 0. The molecule has 2 rings (SSSR count). The number of halogens is 1. The Kier molecular flexibility index (Phi) is 7.36. The number of benzene rings is 2. The molecule has 0 saturated carbocycles. The predicted molar refractivity (Wildman–Crippen MR) is 84.9 cm³/mol. The normalized spacial score (nSPS) is 9.86. The lowest BCUT2D eigenvalue weighted by atomic mass is 10.1. The van der Waals surface area contributed by atoms with Crippen molar-refractivity contribution in [2.75, 3.05) is 6.54 Å². The lowest BCUT2D eigenvalue weighted by Crippen LogP contribution is -2.13. The monoisotopic (exact) mass is 307 g/mol. The van der Waals surface area contributed by atoms with E-state index in [1.165, 1.54) is 17.7 Å². The summed E-state index contributed by atoms with van der Waals surface area (Å²) in [5.41, 5.74) is 2.64. The van der Waals surface area contributed by atoms with Crippen molar-refractivity contribution in [2.45, 2.75) is 6.92 Å². The van der Waals surface area contributed by atoms with Crippen molar-refractivity contribution in [3.8, 4) is 0 Å². The highest BCUT2D eigenvalue weighted by molar-refractivity contribution is 7.70. The molecule has 2 aromatic carbocycles. The molecule has 0 saturated heterocycles. The number of rotatable bonds is 4. The fourth-order valence-corrected chi connectivity index (χ4v) is 1.80. The molecule has 0 unspecified atom stereocenters. The van der Waals surface area contributed by atoms with Crippen molar-refractivity contribution in [2.24, 2.45) is 0 Å². The molecule has 0 fully saturated rings. The standard InChI is InChI=1S/C9H10FNO2S.C7H8/c1-7(6-11-14(12)13)8-2-4-9(10)5-3-8;1-7-5-3-2-4-6-7/h2-5,14H,1,6H2,(H,11,12,13);2-6H,1H3. The van der Waals surface area contributed by atoms with Crippen LogP contribution in [0.4, 0.5) is 4.39 Å². The van der Waals surface area contributed by atoms with Gasteiger partial charge in [-0.2, -0.15) is 0 Å². The Bertz CT molecular complexity index is 629. The Hall–Kier alpha value is -1.98. The van der Waals surface area contributed by atoms with Gasteiger partial charge in [-0.3, -0.25) is 0 Å². The Morgan fingerprint density at radius 1 is 1.10 bits per heavy atom. The lowest BCUT2D eigenvalue weighted by Gasteiger charge is -2.03. The van der Waals surface area contributed by atoms with Crippen molar-refractivity contribution in [1.82, 2.24) is 4.72 Å². The fraction of sp³-hybridized carbons (Fsp3) is 0.125. The molecular formula is C16H18FNO2S. The van der Waals surface area contributed by atoms with Crippen LogP contribution >= 0.6 is 0 Å². The summed E-state index contributed by atoms with van der Waals surface area (Å²) >= 11 is 0. The van der Waals surface area contributed by atoms with E-state index in [1.54, 1.807) is 12.1 Å². The van der Waals surface area contributed by atoms with Gasteiger partial charge in [0.2, 0.25) is 10.9 Å². The topological polar surface area (TPSA) is 46.2 Å². The van der Waals surface area contributed by atoms with Crippen LogP contribution in [0.25, 0.3) is 5.57 Å². The molecule has 0 radical (unpaired) electrons. The summed E-state index contributed by atoms with van der Waals surface area (Å²) in [6, 6.07) is 16.0. The highest BCUT2D eigenvalue weighted by Gasteiger charge is 1.98. The average Bonchev–Trinajstić information content (AvgIpc) is 2.47. The van der Waals surface area contributed by atoms with Crippen LogP contribution in [0.5, 0.6) is 0 Å². The SMILES string of the molecule is C=C(CN[SH](=O)=O)c1ccc(F)cc1.Cc1ccccc1. The molecule has 0 atom stereocenters. The smallest absolute Gasteiger partial charge is 0.201 e. The summed E-state index contributed by atoms with van der Waals surface area (Å²) in [6.45, 7) is 5.90. The molecule has 21 heavy (non-hydrogen) atoms. The summed E-state index contributed by atoms with van der Waals surface area (Å²) in [4.78, 5) is 0. The predicted octanol–water partition coefficient (Wildman–Crippen LogP) is 2.95. The molecule has 0 aliphatic heterocycles. The van der Waals surface area contributed by atoms with Gasteiger partial charge in [-0.1, -0.05) is 54.6 Å². The van der Waals surface area contributed by atoms with E-state index in [4.69, 9.17) is 0 Å². The molecule has 0 aromatic heterocycles. The number of hydrogen-bond acceptors (Lipinski definition) is 2. The maximum atomic E-state index is 12.5. The van der Waals surface area contributed by atoms with Crippen molar-refractivity contribution in [3.63, 3.8) is 0 Å². The van der Waals surface area contributed by atoms with Crippen LogP contribution in [-0.4, -0.2) is 15.0 Å². The number of nitrogens with one attached hydrogen (secondary N) is 1. The molecule has 0 aliphatic carbocycles. The average molecular weight is 307 g/mol. The minimum Gasteiger partial charge on any atom is -0.216 e. The quantitative estimate of drug-likeness (QED) is 0.853. The van der Waals surface area contributed by atoms with Gasteiger partial charge in [0.1, 0.15) is 5.82 Å². The molecule has 0 bridgehead atoms. The molecule has 0 spiro atoms. The van der Waals surface area contributed by atoms with Gasteiger partial charge < -0.3 is 0 Å². The molecule has 1 N–H and O–H groups in total. The maximum absolute atomic E-state index is 12.5. The van der Waals surface area contributed by atoms with E-state index in [0.29, 0.717) is 5.57 Å². The van der Waals surface area contributed by atoms with E-state index >= 15 is 0 Å². The van der Waals surface area contributed by atoms with Crippen LogP contribution in [0.2, 0.25) is 0 Å². The summed E-state index contributed by atoms with van der Waals surface area (Å²) < 4.78 is 35.2. The zero-order valence-electron chi connectivity index (χ0n) is 11.8. The van der Waals surface area contributed by atoms with Gasteiger partial charge in [0.25, 0.3) is 0 Å². The minimum absolute atomic E-state index is 0.143. The fourth-order valence-electron chi connectivity index (χ4n) is 1.48. The van der Waals surface area contributed by atoms with Crippen molar-refractivity contribution >= 4 is 16.5 Å². The summed E-state index contributed by atoms with van der Waals surface area (Å²) in [5, 5.41) is 0. The molecule has 0 amide bonds. The maximum Gasteiger partial charge on any atom is 0.201 e. The van der Waals surface area contributed by atoms with Crippen LogP contribution < -0.4 is 4.72 Å².